The van der Waals surface area contributed by atoms with Gasteiger partial charge in [0.2, 0.25) is 5.91 Å². The van der Waals surface area contributed by atoms with Crippen LogP contribution in [-0.4, -0.2) is 69.7 Å². The fourth-order valence-corrected chi connectivity index (χ4v) is 6.40. The second kappa shape index (κ2) is 12.0. The van der Waals surface area contributed by atoms with Crippen molar-refractivity contribution < 1.29 is 27.4 Å². The summed E-state index contributed by atoms with van der Waals surface area (Å²) in [6.45, 7) is 7.70. The summed E-state index contributed by atoms with van der Waals surface area (Å²) >= 11 is 1.78. The number of hydrogen-bond acceptors (Lipinski definition) is 6. The molecule has 10 heteroatoms. The molecule has 0 unspecified atom stereocenters. The Morgan fingerprint density at radius 2 is 1.80 bits per heavy atom. The van der Waals surface area contributed by atoms with E-state index in [2.05, 4.69) is 39.4 Å². The van der Waals surface area contributed by atoms with Gasteiger partial charge in [-0.15, -0.1) is 11.3 Å². The predicted octanol–water partition coefficient (Wildman–Crippen LogP) is 6.43. The Bertz CT molecular complexity index is 1320. The van der Waals surface area contributed by atoms with Crippen LogP contribution in [0.5, 0.6) is 5.75 Å². The van der Waals surface area contributed by atoms with Crippen molar-refractivity contribution in [1.82, 2.24) is 4.90 Å². The van der Waals surface area contributed by atoms with Crippen LogP contribution in [0.1, 0.15) is 38.7 Å². The first-order chi connectivity index (χ1) is 19.1. The highest BCUT2D eigenvalue weighted by molar-refractivity contribution is 7.17. The molecule has 1 amide bonds. The number of rotatable bonds is 10. The van der Waals surface area contributed by atoms with E-state index < -0.39 is 24.9 Å². The average Bonchev–Trinajstić information content (AvgIpc) is 3.39. The van der Waals surface area contributed by atoms with Gasteiger partial charge in [-0.05, 0) is 54.6 Å². The maximum Gasteiger partial charge on any atom is 0.411 e. The molecule has 1 aromatic heterocycles. The minimum atomic E-state index is -4.45. The van der Waals surface area contributed by atoms with Crippen molar-refractivity contribution in [2.45, 2.75) is 44.7 Å². The summed E-state index contributed by atoms with van der Waals surface area (Å²) in [6.07, 6.45) is -2.35. The number of piperazine rings is 1. The molecule has 216 valence electrons. The largest absolute Gasteiger partial charge is 0.494 e. The van der Waals surface area contributed by atoms with Crippen LogP contribution in [0, 0.1) is 0 Å². The van der Waals surface area contributed by atoms with Gasteiger partial charge in [-0.3, -0.25) is 14.6 Å². The molecule has 0 radical (unpaired) electrons. The lowest BCUT2D eigenvalue weighted by atomic mass is 9.77. The normalized spacial score (nSPS) is 17.9. The van der Waals surface area contributed by atoms with Gasteiger partial charge in [0.1, 0.15) is 19.1 Å². The van der Waals surface area contributed by atoms with Gasteiger partial charge >= 0.3 is 6.18 Å². The van der Waals surface area contributed by atoms with E-state index in [-0.39, 0.29) is 12.3 Å². The number of nitrogens with zero attached hydrogens (tertiary/aromatic N) is 3. The van der Waals surface area contributed by atoms with E-state index in [9.17, 15) is 18.0 Å². The Balaban J connectivity index is 1.09. The zero-order chi connectivity index (χ0) is 28.3. The summed E-state index contributed by atoms with van der Waals surface area (Å²) in [6, 6.07) is 14.3. The highest BCUT2D eigenvalue weighted by Crippen LogP contribution is 2.42. The molecule has 5 rings (SSSR count). The molecule has 2 aromatic carbocycles. The Labute approximate surface area is 237 Å². The summed E-state index contributed by atoms with van der Waals surface area (Å²) in [4.78, 5) is 19.0. The number of amides is 1. The van der Waals surface area contributed by atoms with Gasteiger partial charge in [0.15, 0.2) is 0 Å². The van der Waals surface area contributed by atoms with Gasteiger partial charge in [-0.25, -0.2) is 0 Å². The van der Waals surface area contributed by atoms with Crippen LogP contribution < -0.4 is 14.5 Å². The highest BCUT2D eigenvalue weighted by atomic mass is 32.1. The average molecular weight is 576 g/mol. The molecule has 2 aliphatic heterocycles. The van der Waals surface area contributed by atoms with Crippen LogP contribution in [-0.2, 0) is 14.9 Å². The van der Waals surface area contributed by atoms with Crippen LogP contribution in [0.4, 0.5) is 24.5 Å². The third kappa shape index (κ3) is 6.72. The minimum Gasteiger partial charge on any atom is -0.494 e. The molecular formula is C30H36F3N3O3S. The molecule has 3 aromatic rings. The van der Waals surface area contributed by atoms with Crippen molar-refractivity contribution in [2.75, 3.05) is 62.5 Å². The second-order valence-electron chi connectivity index (χ2n) is 11.1. The molecule has 0 atom stereocenters. The zero-order valence-electron chi connectivity index (χ0n) is 23.0. The van der Waals surface area contributed by atoms with Crippen molar-refractivity contribution in [3.63, 3.8) is 0 Å². The Morgan fingerprint density at radius 3 is 2.58 bits per heavy atom. The second-order valence-corrected chi connectivity index (χ2v) is 12.1. The van der Waals surface area contributed by atoms with E-state index in [1.54, 1.807) is 17.4 Å². The lowest BCUT2D eigenvalue weighted by molar-refractivity contribution is -0.174. The van der Waals surface area contributed by atoms with Gasteiger partial charge < -0.3 is 14.4 Å². The monoisotopic (exact) mass is 575 g/mol. The summed E-state index contributed by atoms with van der Waals surface area (Å²) in [7, 11) is 0. The fourth-order valence-electron chi connectivity index (χ4n) is 5.59. The van der Waals surface area contributed by atoms with Crippen LogP contribution in [0.2, 0.25) is 0 Å². The molecule has 6 nitrogen and oxygen atoms in total. The van der Waals surface area contributed by atoms with Crippen molar-refractivity contribution in [1.29, 1.82) is 0 Å². The van der Waals surface area contributed by atoms with Crippen molar-refractivity contribution >= 4 is 38.7 Å². The van der Waals surface area contributed by atoms with Crippen molar-refractivity contribution in [3.8, 4) is 5.75 Å². The fraction of sp³-hybridized carbons (Fsp3) is 0.500. The topological polar surface area (TPSA) is 45.3 Å². The lowest BCUT2D eigenvalue weighted by Crippen LogP contribution is -2.46. The van der Waals surface area contributed by atoms with E-state index in [0.717, 1.165) is 51.1 Å². The summed E-state index contributed by atoms with van der Waals surface area (Å²) < 4.78 is 49.9. The van der Waals surface area contributed by atoms with Gasteiger partial charge in [0.25, 0.3) is 0 Å². The molecule has 0 saturated carbocycles. The number of alkyl halides is 3. The Hall–Kier alpha value is -2.82. The smallest absolute Gasteiger partial charge is 0.411 e. The molecule has 1 fully saturated rings. The first kappa shape index (κ1) is 28.7. The third-order valence-electron chi connectivity index (χ3n) is 7.69. The molecule has 1 saturated heterocycles. The SMILES string of the molecule is CC1(C)CC(=O)N(COCC(F)(F)F)c2cc(OCCCCN3CCN(c4cccc5sccc45)CC3)ccc21. The van der Waals surface area contributed by atoms with Crippen LogP contribution >= 0.6 is 11.3 Å². The van der Waals surface area contributed by atoms with Gasteiger partial charge in [-0.1, -0.05) is 26.0 Å². The Morgan fingerprint density at radius 1 is 1.00 bits per heavy atom. The van der Waals surface area contributed by atoms with Crippen molar-refractivity contribution in [2.24, 2.45) is 0 Å². The molecule has 2 aliphatic rings. The number of thiophene rings is 1. The molecule has 0 spiro atoms. The summed E-state index contributed by atoms with van der Waals surface area (Å²) in [5, 5.41) is 3.49. The van der Waals surface area contributed by atoms with Gasteiger partial charge in [0, 0.05) is 59.9 Å². The van der Waals surface area contributed by atoms with E-state index in [4.69, 9.17) is 9.47 Å². The number of carbonyl (C=O) groups is 1. The lowest BCUT2D eigenvalue weighted by Gasteiger charge is -2.38. The number of unbranched alkanes of at least 4 members (excludes halogenated alkanes) is 1. The molecule has 40 heavy (non-hydrogen) atoms. The first-order valence-corrected chi connectivity index (χ1v) is 14.6. The maximum absolute atomic E-state index is 12.8. The first-order valence-electron chi connectivity index (χ1n) is 13.8. The van der Waals surface area contributed by atoms with Gasteiger partial charge in [-0.2, -0.15) is 13.2 Å². The molecular weight excluding hydrogens is 539 g/mol. The van der Waals surface area contributed by atoms with Crippen LogP contribution in [0.15, 0.2) is 47.8 Å². The number of halogens is 3. The van der Waals surface area contributed by atoms with E-state index in [1.807, 2.05) is 26.0 Å². The zero-order valence-corrected chi connectivity index (χ0v) is 23.8. The molecule has 3 heterocycles. The van der Waals surface area contributed by atoms with E-state index >= 15 is 0 Å². The molecule has 0 N–H and O–H groups in total. The van der Waals surface area contributed by atoms with Crippen LogP contribution in [0.3, 0.4) is 0 Å². The number of hydrogen-bond donors (Lipinski definition) is 0. The maximum atomic E-state index is 12.8. The number of benzene rings is 2. The summed E-state index contributed by atoms with van der Waals surface area (Å²) in [5.41, 5.74) is 2.35. The number of ether oxygens (including phenoxy) is 2. The van der Waals surface area contributed by atoms with E-state index in [1.165, 1.54) is 20.7 Å². The minimum absolute atomic E-state index is 0.202. The van der Waals surface area contributed by atoms with Gasteiger partial charge in [0.05, 0.1) is 12.3 Å². The molecule has 0 aliphatic carbocycles. The summed E-state index contributed by atoms with van der Waals surface area (Å²) in [5.74, 6) is 0.338. The third-order valence-corrected chi connectivity index (χ3v) is 8.57. The van der Waals surface area contributed by atoms with Crippen LogP contribution in [0.25, 0.3) is 10.1 Å². The Kier molecular flexibility index (Phi) is 8.58. The molecule has 0 bridgehead atoms. The van der Waals surface area contributed by atoms with Crippen molar-refractivity contribution in [3.05, 3.63) is 53.4 Å². The highest BCUT2D eigenvalue weighted by Gasteiger charge is 2.37. The number of carbonyl (C=O) groups excluding carboxylic acids is 1. The standard InChI is InChI=1S/C30H36F3N3O3S/c1-29(2)19-28(37)36(21-38-20-30(31,32)33)26-18-22(8-9-24(26)29)39-16-4-3-11-34-12-14-35(15-13-34)25-6-5-7-27-23(25)10-17-40-27/h5-10,17-18H,3-4,11-16,19-21H2,1-2H3. The quantitative estimate of drug-likeness (QED) is 0.261. The number of anilines is 2. The number of fused-ring (bicyclic) bond motifs is 2. The van der Waals surface area contributed by atoms with E-state index in [0.29, 0.717) is 18.0 Å². The predicted molar refractivity (Wildman–Crippen MR) is 154 cm³/mol.